The zero-order valence-electron chi connectivity index (χ0n) is 54.4. The van der Waals surface area contributed by atoms with Crippen molar-refractivity contribution in [3.63, 3.8) is 0 Å². The van der Waals surface area contributed by atoms with Gasteiger partial charge in [-0.2, -0.15) is 0 Å². The molecule has 3 nitrogen and oxygen atoms in total. The molecule has 4 heteroatoms. The summed E-state index contributed by atoms with van der Waals surface area (Å²) in [6.07, 6.45) is 4.64. The molecule has 1 fully saturated rings. The number of fused-ring (bicyclic) bond motifs is 8. The van der Waals surface area contributed by atoms with Crippen molar-refractivity contribution in [1.82, 2.24) is 0 Å². The molecule has 12 rings (SSSR count). The van der Waals surface area contributed by atoms with Crippen LogP contribution in [0.2, 0.25) is 0 Å². The van der Waals surface area contributed by atoms with E-state index in [1.807, 2.05) is 0 Å². The first kappa shape index (κ1) is 56.5. The first-order valence-corrected chi connectivity index (χ1v) is 31.3. The molecule has 0 amide bonds. The lowest BCUT2D eigenvalue weighted by Gasteiger charge is -2.65. The molecule has 5 aliphatic rings. The number of hydrogen-bond acceptors (Lipinski definition) is 3. The summed E-state index contributed by atoms with van der Waals surface area (Å²) >= 11 is 0. The monoisotopic (exact) mass is 1090 g/mol. The Morgan fingerprint density at radius 3 is 1.45 bits per heavy atom. The lowest BCUT2D eigenvalue weighted by molar-refractivity contribution is -0.0415. The Bertz CT molecular complexity index is 3730. The molecule has 82 heavy (non-hydrogen) atoms. The van der Waals surface area contributed by atoms with Crippen molar-refractivity contribution in [2.75, 3.05) is 14.7 Å². The molecule has 0 radical (unpaired) electrons. The fourth-order valence-electron chi connectivity index (χ4n) is 16.2. The topological polar surface area (TPSA) is 9.72 Å². The van der Waals surface area contributed by atoms with Crippen molar-refractivity contribution in [2.45, 2.75) is 221 Å². The van der Waals surface area contributed by atoms with Crippen LogP contribution in [0.1, 0.15) is 217 Å². The fraction of sp³-hybridized carbons (Fsp3) is 0.462. The lowest BCUT2D eigenvalue weighted by Crippen LogP contribution is -2.69. The van der Waals surface area contributed by atoms with Crippen LogP contribution in [0.15, 0.2) is 133 Å². The quantitative estimate of drug-likeness (QED) is 0.163. The zero-order chi connectivity index (χ0) is 59.2. The molecule has 2 unspecified atom stereocenters. The smallest absolute Gasteiger partial charge is 0.252 e. The molecule has 2 atom stereocenters. The van der Waals surface area contributed by atoms with Gasteiger partial charge >= 0.3 is 0 Å². The van der Waals surface area contributed by atoms with E-state index in [1.165, 1.54) is 118 Å². The summed E-state index contributed by atoms with van der Waals surface area (Å²) in [6, 6.07) is 54.2. The number of nitrogens with zero attached hydrogens (tertiary/aromatic N) is 3. The van der Waals surface area contributed by atoms with Gasteiger partial charge in [0, 0.05) is 50.8 Å². The molecule has 426 valence electrons. The van der Waals surface area contributed by atoms with E-state index in [9.17, 15) is 0 Å². The second kappa shape index (κ2) is 17.8. The van der Waals surface area contributed by atoms with Crippen LogP contribution in [0.5, 0.6) is 0 Å². The minimum Gasteiger partial charge on any atom is -0.334 e. The molecule has 7 aromatic rings. The maximum absolute atomic E-state index is 2.85. The van der Waals surface area contributed by atoms with Gasteiger partial charge in [-0.15, -0.1) is 0 Å². The van der Waals surface area contributed by atoms with Gasteiger partial charge in [-0.25, -0.2) is 0 Å². The molecule has 1 saturated carbocycles. The summed E-state index contributed by atoms with van der Waals surface area (Å²) in [6.45, 7) is 54.0. The van der Waals surface area contributed by atoms with Gasteiger partial charge in [0.05, 0.1) is 11.2 Å². The highest BCUT2D eigenvalue weighted by Crippen LogP contribution is 2.72. The highest BCUT2D eigenvalue weighted by Gasteiger charge is 2.70. The molecule has 7 aromatic carbocycles. The summed E-state index contributed by atoms with van der Waals surface area (Å²) in [7, 11) is 0. The van der Waals surface area contributed by atoms with Gasteiger partial charge in [-0.3, -0.25) is 0 Å². The van der Waals surface area contributed by atoms with Crippen molar-refractivity contribution in [2.24, 2.45) is 10.8 Å². The predicted octanol–water partition coefficient (Wildman–Crippen LogP) is 20.0. The molecule has 3 aliphatic heterocycles. The summed E-state index contributed by atoms with van der Waals surface area (Å²) in [5.74, 6) is 0. The van der Waals surface area contributed by atoms with Gasteiger partial charge in [0.2, 0.25) is 0 Å². The lowest BCUT2D eigenvalue weighted by atomic mass is 9.33. The maximum atomic E-state index is 2.85. The molecule has 3 heterocycles. The van der Waals surface area contributed by atoms with E-state index in [4.69, 9.17) is 0 Å². The van der Waals surface area contributed by atoms with Crippen LogP contribution in [0.25, 0.3) is 11.1 Å². The van der Waals surface area contributed by atoms with Gasteiger partial charge in [-0.05, 0) is 197 Å². The van der Waals surface area contributed by atoms with Gasteiger partial charge in [-0.1, -0.05) is 218 Å². The van der Waals surface area contributed by atoms with Crippen LogP contribution in [0.3, 0.4) is 0 Å². The van der Waals surface area contributed by atoms with E-state index in [-0.39, 0.29) is 61.0 Å². The van der Waals surface area contributed by atoms with Crippen molar-refractivity contribution in [3.8, 4) is 11.1 Å². The minimum absolute atomic E-state index is 0.00370. The van der Waals surface area contributed by atoms with Crippen LogP contribution < -0.4 is 31.1 Å². The molecule has 0 spiro atoms. The number of anilines is 8. The zero-order valence-corrected chi connectivity index (χ0v) is 54.4. The average Bonchev–Trinajstić information content (AvgIpc) is 1.47. The Hall–Kier alpha value is -6.00. The third kappa shape index (κ3) is 8.15. The van der Waals surface area contributed by atoms with E-state index in [1.54, 1.807) is 0 Å². The summed E-state index contributed by atoms with van der Waals surface area (Å²) in [4.78, 5) is 8.28. The van der Waals surface area contributed by atoms with Gasteiger partial charge in [0.25, 0.3) is 6.71 Å². The van der Waals surface area contributed by atoms with Crippen LogP contribution in [0.4, 0.5) is 45.5 Å². The van der Waals surface area contributed by atoms with Crippen LogP contribution in [0, 0.1) is 10.8 Å². The normalized spacial score (nSPS) is 22.0. The van der Waals surface area contributed by atoms with E-state index in [0.29, 0.717) is 0 Å². The molecular formula is C78H96BN3. The van der Waals surface area contributed by atoms with Gasteiger partial charge < -0.3 is 14.7 Å². The molecule has 0 aromatic heterocycles. The average molecular weight is 1090 g/mol. The van der Waals surface area contributed by atoms with Gasteiger partial charge in [0.15, 0.2) is 0 Å². The number of benzene rings is 7. The fourth-order valence-corrected chi connectivity index (χ4v) is 16.2. The Kier molecular flexibility index (Phi) is 12.2. The Labute approximate surface area is 496 Å². The molecule has 0 bridgehead atoms. The molecule has 2 aliphatic carbocycles. The maximum Gasteiger partial charge on any atom is 0.252 e. The van der Waals surface area contributed by atoms with Crippen molar-refractivity contribution >= 4 is 68.6 Å². The summed E-state index contributed by atoms with van der Waals surface area (Å²) in [5.41, 5.74) is 26.1. The van der Waals surface area contributed by atoms with E-state index in [2.05, 4.69) is 300 Å². The van der Waals surface area contributed by atoms with Crippen LogP contribution >= 0.6 is 0 Å². The Morgan fingerprint density at radius 1 is 0.366 bits per heavy atom. The van der Waals surface area contributed by atoms with E-state index in [0.717, 1.165) is 19.3 Å². The van der Waals surface area contributed by atoms with Crippen molar-refractivity contribution in [3.05, 3.63) is 172 Å². The van der Waals surface area contributed by atoms with Crippen molar-refractivity contribution in [1.29, 1.82) is 0 Å². The van der Waals surface area contributed by atoms with Crippen LogP contribution in [-0.4, -0.2) is 12.3 Å². The predicted molar refractivity (Wildman–Crippen MR) is 357 cm³/mol. The standard InChI is InChI=1S/C78H96BN3/c1-69(2,3)50-28-32-54(33-29-50)80-64-46-55(82-63-37-31-52(71(7,8)9)43-59(63)77(21)75(17,18)40-41-76(19,20)78(77,82)22)34-35-60(64)79-61-47-57-58(74(15,16)39-38-73(57,13)14)48-65(61)81(67-45-53(72(10,11)12)44-66(80)68(67)79)62-36-30-51(70(4,5)6)42-56(62)49-26-24-23-25-27-49/h23-37,42-48H,38-41H2,1-22H3. The first-order valence-electron chi connectivity index (χ1n) is 31.3. The Morgan fingerprint density at radius 2 is 0.866 bits per heavy atom. The van der Waals surface area contributed by atoms with E-state index < -0.39 is 0 Å². The highest BCUT2D eigenvalue weighted by molar-refractivity contribution is 7.00. The van der Waals surface area contributed by atoms with Gasteiger partial charge in [0.1, 0.15) is 0 Å². The first-order chi connectivity index (χ1) is 37.9. The molecular weight excluding hydrogens is 990 g/mol. The number of rotatable bonds is 4. The Balaban J connectivity index is 1.21. The third-order valence-electron chi connectivity index (χ3n) is 22.4. The minimum atomic E-state index is -0.262. The van der Waals surface area contributed by atoms with E-state index >= 15 is 0 Å². The third-order valence-corrected chi connectivity index (χ3v) is 22.4. The largest absolute Gasteiger partial charge is 0.334 e. The molecule has 0 saturated heterocycles. The highest BCUT2D eigenvalue weighted by atomic mass is 15.3. The SMILES string of the molecule is CC(C)(C)c1ccc(N2c3cc(N4c5ccc(C(C)(C)C)cc5C5(C)C(C)(C)CCC(C)(C)C45C)ccc3B3c4cc5c(cc4N(c4ccc(C(C)(C)C)cc4-c4ccccc4)c4cc(C(C)(C)C)cc2c43)C(C)(C)CCC5(C)C)cc1. The second-order valence-corrected chi connectivity index (χ2v) is 33.2. The summed E-state index contributed by atoms with van der Waals surface area (Å²) in [5, 5.41) is 0. The molecule has 0 N–H and O–H groups in total. The number of hydrogen-bond donors (Lipinski definition) is 0. The summed E-state index contributed by atoms with van der Waals surface area (Å²) < 4.78 is 0. The van der Waals surface area contributed by atoms with Crippen molar-refractivity contribution < 1.29 is 0 Å². The second-order valence-electron chi connectivity index (χ2n) is 33.2. The van der Waals surface area contributed by atoms with Crippen LogP contribution in [-0.2, 0) is 37.9 Å².